The Morgan fingerprint density at radius 3 is 2.62 bits per heavy atom. The maximum Gasteiger partial charge on any atom is 0.122 e. The van der Waals surface area contributed by atoms with Gasteiger partial charge in [-0.05, 0) is 43.8 Å². The molecule has 114 valence electrons. The van der Waals surface area contributed by atoms with Crippen molar-refractivity contribution in [1.29, 1.82) is 0 Å². The SMILES string of the molecule is CCCNCc1occc1CN(C)Cc1ccc(Br)cc1. The molecule has 1 N–H and O–H groups in total. The molecular weight excluding hydrogens is 328 g/mol. The van der Waals surface area contributed by atoms with Gasteiger partial charge >= 0.3 is 0 Å². The van der Waals surface area contributed by atoms with E-state index in [1.807, 2.05) is 0 Å². The molecule has 0 saturated carbocycles. The Balaban J connectivity index is 1.88. The van der Waals surface area contributed by atoms with Gasteiger partial charge in [0.25, 0.3) is 0 Å². The molecule has 3 nitrogen and oxygen atoms in total. The van der Waals surface area contributed by atoms with Crippen molar-refractivity contribution in [2.45, 2.75) is 33.0 Å². The van der Waals surface area contributed by atoms with Crippen LogP contribution in [0.1, 0.15) is 30.2 Å². The topological polar surface area (TPSA) is 28.4 Å². The van der Waals surface area contributed by atoms with Gasteiger partial charge in [0.2, 0.25) is 0 Å². The summed E-state index contributed by atoms with van der Waals surface area (Å²) in [6.07, 6.45) is 2.92. The monoisotopic (exact) mass is 350 g/mol. The van der Waals surface area contributed by atoms with Crippen LogP contribution in [-0.2, 0) is 19.6 Å². The molecule has 1 heterocycles. The summed E-state index contributed by atoms with van der Waals surface area (Å²) in [5.74, 6) is 1.05. The van der Waals surface area contributed by atoms with Crippen molar-refractivity contribution < 1.29 is 4.42 Å². The molecule has 0 aliphatic carbocycles. The second kappa shape index (κ2) is 8.37. The van der Waals surface area contributed by atoms with Crippen LogP contribution in [0.25, 0.3) is 0 Å². The Morgan fingerprint density at radius 1 is 1.14 bits per heavy atom. The van der Waals surface area contributed by atoms with Crippen LogP contribution < -0.4 is 5.32 Å². The van der Waals surface area contributed by atoms with Crippen molar-refractivity contribution in [3.8, 4) is 0 Å². The molecule has 0 atom stereocenters. The van der Waals surface area contributed by atoms with Crippen molar-refractivity contribution in [2.24, 2.45) is 0 Å². The largest absolute Gasteiger partial charge is 0.468 e. The number of halogens is 1. The smallest absolute Gasteiger partial charge is 0.122 e. The maximum absolute atomic E-state index is 5.58. The van der Waals surface area contributed by atoms with E-state index in [1.54, 1.807) is 6.26 Å². The lowest BCUT2D eigenvalue weighted by atomic mass is 10.2. The van der Waals surface area contributed by atoms with Crippen LogP contribution in [0.3, 0.4) is 0 Å². The van der Waals surface area contributed by atoms with Crippen LogP contribution in [0.15, 0.2) is 45.5 Å². The lowest BCUT2D eigenvalue weighted by molar-refractivity contribution is 0.314. The van der Waals surface area contributed by atoms with E-state index in [4.69, 9.17) is 4.42 Å². The molecule has 1 aromatic heterocycles. The predicted molar refractivity (Wildman–Crippen MR) is 90.0 cm³/mol. The van der Waals surface area contributed by atoms with Crippen LogP contribution >= 0.6 is 15.9 Å². The molecule has 0 amide bonds. The number of hydrogen-bond acceptors (Lipinski definition) is 3. The minimum Gasteiger partial charge on any atom is -0.468 e. The van der Waals surface area contributed by atoms with Gasteiger partial charge in [-0.2, -0.15) is 0 Å². The van der Waals surface area contributed by atoms with E-state index >= 15 is 0 Å². The van der Waals surface area contributed by atoms with Gasteiger partial charge in [-0.25, -0.2) is 0 Å². The second-order valence-corrected chi connectivity index (χ2v) is 6.26. The van der Waals surface area contributed by atoms with Crippen LogP contribution in [0.2, 0.25) is 0 Å². The Morgan fingerprint density at radius 2 is 1.90 bits per heavy atom. The fourth-order valence-electron chi connectivity index (χ4n) is 2.29. The van der Waals surface area contributed by atoms with Crippen molar-refractivity contribution in [1.82, 2.24) is 10.2 Å². The molecule has 2 aromatic rings. The molecule has 21 heavy (non-hydrogen) atoms. The van der Waals surface area contributed by atoms with Gasteiger partial charge in [-0.15, -0.1) is 0 Å². The summed E-state index contributed by atoms with van der Waals surface area (Å²) in [6, 6.07) is 10.5. The Bertz CT molecular complexity index is 536. The van der Waals surface area contributed by atoms with E-state index in [0.717, 1.165) is 42.8 Å². The lowest BCUT2D eigenvalue weighted by Crippen LogP contribution is -2.19. The van der Waals surface area contributed by atoms with Gasteiger partial charge < -0.3 is 9.73 Å². The number of furan rings is 1. The molecule has 0 aliphatic rings. The third-order valence-electron chi connectivity index (χ3n) is 3.36. The highest BCUT2D eigenvalue weighted by molar-refractivity contribution is 9.10. The highest BCUT2D eigenvalue weighted by Crippen LogP contribution is 2.16. The summed E-state index contributed by atoms with van der Waals surface area (Å²) < 4.78 is 6.70. The standard InChI is InChI=1S/C17H23BrN2O/c1-3-9-19-11-17-15(8-10-21-17)13-20(2)12-14-4-6-16(18)7-5-14/h4-8,10,19H,3,9,11-13H2,1-2H3. The number of nitrogens with one attached hydrogen (secondary N) is 1. The van der Waals surface area contributed by atoms with Gasteiger partial charge in [0.1, 0.15) is 5.76 Å². The quantitative estimate of drug-likeness (QED) is 0.724. The highest BCUT2D eigenvalue weighted by atomic mass is 79.9. The van der Waals surface area contributed by atoms with Crippen molar-refractivity contribution in [3.05, 3.63) is 58.0 Å². The Labute approximate surface area is 135 Å². The summed E-state index contributed by atoms with van der Waals surface area (Å²) in [5, 5.41) is 3.39. The molecule has 0 aliphatic heterocycles. The van der Waals surface area contributed by atoms with Crippen LogP contribution in [0, 0.1) is 0 Å². The zero-order valence-corrected chi connectivity index (χ0v) is 14.3. The van der Waals surface area contributed by atoms with Gasteiger partial charge in [0.05, 0.1) is 12.8 Å². The van der Waals surface area contributed by atoms with Crippen LogP contribution in [-0.4, -0.2) is 18.5 Å². The van der Waals surface area contributed by atoms with E-state index in [-0.39, 0.29) is 0 Å². The minimum atomic E-state index is 0.808. The minimum absolute atomic E-state index is 0.808. The number of hydrogen-bond donors (Lipinski definition) is 1. The molecule has 0 unspecified atom stereocenters. The summed E-state index contributed by atoms with van der Waals surface area (Å²) in [6.45, 7) is 5.83. The summed E-state index contributed by atoms with van der Waals surface area (Å²) >= 11 is 3.47. The van der Waals surface area contributed by atoms with Crippen molar-refractivity contribution in [2.75, 3.05) is 13.6 Å². The van der Waals surface area contributed by atoms with Crippen LogP contribution in [0.5, 0.6) is 0 Å². The van der Waals surface area contributed by atoms with Crippen LogP contribution in [0.4, 0.5) is 0 Å². The van der Waals surface area contributed by atoms with E-state index in [0.29, 0.717) is 0 Å². The Kier molecular flexibility index (Phi) is 6.49. The average Bonchev–Trinajstić information content (AvgIpc) is 2.89. The zero-order chi connectivity index (χ0) is 15.1. The van der Waals surface area contributed by atoms with Crippen molar-refractivity contribution in [3.63, 3.8) is 0 Å². The summed E-state index contributed by atoms with van der Waals surface area (Å²) in [7, 11) is 2.14. The summed E-state index contributed by atoms with van der Waals surface area (Å²) in [5.41, 5.74) is 2.58. The van der Waals surface area contributed by atoms with E-state index in [2.05, 4.69) is 70.4 Å². The van der Waals surface area contributed by atoms with Gasteiger partial charge in [-0.3, -0.25) is 4.90 Å². The molecule has 0 bridgehead atoms. The molecular formula is C17H23BrN2O. The maximum atomic E-state index is 5.58. The molecule has 0 fully saturated rings. The Hall–Kier alpha value is -1.10. The molecule has 4 heteroatoms. The first-order chi connectivity index (χ1) is 10.2. The third kappa shape index (κ3) is 5.30. The number of benzene rings is 1. The molecule has 0 radical (unpaired) electrons. The van der Waals surface area contributed by atoms with Crippen molar-refractivity contribution >= 4 is 15.9 Å². The fraction of sp³-hybridized carbons (Fsp3) is 0.412. The fourth-order valence-corrected chi connectivity index (χ4v) is 2.55. The number of nitrogens with zero attached hydrogens (tertiary/aromatic N) is 1. The molecule has 0 saturated heterocycles. The zero-order valence-electron chi connectivity index (χ0n) is 12.7. The van der Waals surface area contributed by atoms with E-state index < -0.39 is 0 Å². The first-order valence-electron chi connectivity index (χ1n) is 7.38. The van der Waals surface area contributed by atoms with E-state index in [9.17, 15) is 0 Å². The molecule has 0 spiro atoms. The predicted octanol–water partition coefficient (Wildman–Crippen LogP) is 4.17. The molecule has 2 rings (SSSR count). The first kappa shape index (κ1) is 16.3. The first-order valence-corrected chi connectivity index (χ1v) is 8.17. The van der Waals surface area contributed by atoms with E-state index in [1.165, 1.54) is 11.1 Å². The highest BCUT2D eigenvalue weighted by Gasteiger charge is 2.09. The van der Waals surface area contributed by atoms with Gasteiger partial charge in [-0.1, -0.05) is 35.0 Å². The third-order valence-corrected chi connectivity index (χ3v) is 3.88. The molecule has 1 aromatic carbocycles. The second-order valence-electron chi connectivity index (χ2n) is 5.34. The lowest BCUT2D eigenvalue weighted by Gasteiger charge is -2.17. The average molecular weight is 351 g/mol. The summed E-state index contributed by atoms with van der Waals surface area (Å²) in [4.78, 5) is 2.30. The van der Waals surface area contributed by atoms with Gasteiger partial charge in [0, 0.05) is 23.1 Å². The normalized spacial score (nSPS) is 11.2. The number of rotatable bonds is 8. The van der Waals surface area contributed by atoms with Gasteiger partial charge in [0.15, 0.2) is 0 Å².